The van der Waals surface area contributed by atoms with Crippen LogP contribution in [-0.2, 0) is 4.74 Å². The van der Waals surface area contributed by atoms with Crippen molar-refractivity contribution in [1.29, 1.82) is 0 Å². The molecule has 1 atom stereocenters. The highest BCUT2D eigenvalue weighted by Crippen LogP contribution is 2.19. The first kappa shape index (κ1) is 13.9. The van der Waals surface area contributed by atoms with Crippen LogP contribution in [0.3, 0.4) is 0 Å². The van der Waals surface area contributed by atoms with Crippen molar-refractivity contribution in [2.45, 2.75) is 52.2 Å². The van der Waals surface area contributed by atoms with Gasteiger partial charge in [0.2, 0.25) is 0 Å². The summed E-state index contributed by atoms with van der Waals surface area (Å²) in [6.45, 7) is 10.6. The number of rotatable bonds is 6. The van der Waals surface area contributed by atoms with Crippen LogP contribution in [0, 0.1) is 5.92 Å². The van der Waals surface area contributed by atoms with Crippen LogP contribution in [0.1, 0.15) is 40.0 Å². The number of ether oxygens (including phenoxy) is 1. The van der Waals surface area contributed by atoms with Crippen LogP contribution in [0.15, 0.2) is 0 Å². The highest BCUT2D eigenvalue weighted by Gasteiger charge is 2.24. The minimum atomic E-state index is 0.485. The summed E-state index contributed by atoms with van der Waals surface area (Å²) in [6, 6.07) is 0.572. The molecule has 0 saturated carbocycles. The maximum absolute atomic E-state index is 5.87. The fourth-order valence-electron chi connectivity index (χ4n) is 2.58. The van der Waals surface area contributed by atoms with Crippen LogP contribution in [-0.4, -0.2) is 43.3 Å². The number of nitrogens with zero attached hydrogens (tertiary/aromatic N) is 1. The molecule has 1 fully saturated rings. The third kappa shape index (κ3) is 4.40. The van der Waals surface area contributed by atoms with Crippen molar-refractivity contribution >= 4 is 0 Å². The Morgan fingerprint density at radius 3 is 2.38 bits per heavy atom. The second-order valence-corrected chi connectivity index (χ2v) is 5.21. The monoisotopic (exact) mass is 228 g/mol. The van der Waals surface area contributed by atoms with E-state index >= 15 is 0 Å². The first-order chi connectivity index (χ1) is 7.67. The molecule has 2 N–H and O–H groups in total. The minimum Gasteiger partial charge on any atom is -0.378 e. The maximum atomic E-state index is 5.87. The smallest absolute Gasteiger partial charge is 0.0599 e. The van der Waals surface area contributed by atoms with E-state index in [1.54, 1.807) is 0 Å². The molecule has 1 aliphatic heterocycles. The second-order valence-electron chi connectivity index (χ2n) is 5.21. The average Bonchev–Trinajstić information content (AvgIpc) is 2.27. The fraction of sp³-hybridized carbons (Fsp3) is 1.00. The van der Waals surface area contributed by atoms with Crippen LogP contribution >= 0.6 is 0 Å². The summed E-state index contributed by atoms with van der Waals surface area (Å²) < 4.78 is 5.67. The summed E-state index contributed by atoms with van der Waals surface area (Å²) in [5, 5.41) is 0. The van der Waals surface area contributed by atoms with Gasteiger partial charge in [-0.2, -0.15) is 0 Å². The van der Waals surface area contributed by atoms with E-state index in [4.69, 9.17) is 10.5 Å². The lowest BCUT2D eigenvalue weighted by Crippen LogP contribution is -2.47. The lowest BCUT2D eigenvalue weighted by molar-refractivity contribution is 0.00272. The van der Waals surface area contributed by atoms with Crippen molar-refractivity contribution in [3.8, 4) is 0 Å². The number of hydrogen-bond acceptors (Lipinski definition) is 3. The molecule has 0 amide bonds. The standard InChI is InChI=1S/C13H28N2O/c1-4-16-13-5-7-15(8-6-13)12(10-14)9-11(2)3/h11-13H,4-10,14H2,1-3H3. The zero-order chi connectivity index (χ0) is 12.0. The van der Waals surface area contributed by atoms with Gasteiger partial charge < -0.3 is 10.5 Å². The molecule has 0 spiro atoms. The Balaban J connectivity index is 2.32. The molecule has 0 aromatic rings. The van der Waals surface area contributed by atoms with Gasteiger partial charge >= 0.3 is 0 Å². The molecular formula is C13H28N2O. The first-order valence-corrected chi connectivity index (χ1v) is 6.73. The van der Waals surface area contributed by atoms with E-state index in [1.807, 2.05) is 0 Å². The zero-order valence-corrected chi connectivity index (χ0v) is 11.1. The van der Waals surface area contributed by atoms with Crippen molar-refractivity contribution in [2.24, 2.45) is 11.7 Å². The first-order valence-electron chi connectivity index (χ1n) is 6.73. The Hall–Kier alpha value is -0.120. The van der Waals surface area contributed by atoms with E-state index in [9.17, 15) is 0 Å². The van der Waals surface area contributed by atoms with Gasteiger partial charge in [0.15, 0.2) is 0 Å². The summed E-state index contributed by atoms with van der Waals surface area (Å²) in [7, 11) is 0. The van der Waals surface area contributed by atoms with Crippen LogP contribution in [0.25, 0.3) is 0 Å². The Morgan fingerprint density at radius 1 is 1.31 bits per heavy atom. The van der Waals surface area contributed by atoms with Crippen LogP contribution in [0.2, 0.25) is 0 Å². The van der Waals surface area contributed by atoms with Crippen LogP contribution in [0.4, 0.5) is 0 Å². The molecule has 1 heterocycles. The van der Waals surface area contributed by atoms with Gasteiger partial charge in [0, 0.05) is 32.3 Å². The number of piperidine rings is 1. The van der Waals surface area contributed by atoms with Gasteiger partial charge in [-0.25, -0.2) is 0 Å². The molecule has 3 heteroatoms. The molecule has 0 bridgehead atoms. The lowest BCUT2D eigenvalue weighted by atomic mass is 9.99. The summed E-state index contributed by atoms with van der Waals surface area (Å²) in [4.78, 5) is 2.55. The lowest BCUT2D eigenvalue weighted by Gasteiger charge is -2.37. The Kier molecular flexibility index (Phi) is 6.32. The molecule has 16 heavy (non-hydrogen) atoms. The quantitative estimate of drug-likeness (QED) is 0.754. The van der Waals surface area contributed by atoms with Crippen molar-refractivity contribution in [3.05, 3.63) is 0 Å². The van der Waals surface area contributed by atoms with Gasteiger partial charge in [0.25, 0.3) is 0 Å². The molecule has 0 aromatic carbocycles. The molecule has 3 nitrogen and oxygen atoms in total. The number of hydrogen-bond donors (Lipinski definition) is 1. The fourth-order valence-corrected chi connectivity index (χ4v) is 2.58. The predicted octanol–water partition coefficient (Wildman–Crippen LogP) is 1.86. The molecule has 1 unspecified atom stereocenters. The topological polar surface area (TPSA) is 38.5 Å². The maximum Gasteiger partial charge on any atom is 0.0599 e. The van der Waals surface area contributed by atoms with Gasteiger partial charge in [0.1, 0.15) is 0 Å². The van der Waals surface area contributed by atoms with Gasteiger partial charge in [-0.1, -0.05) is 13.8 Å². The predicted molar refractivity (Wildman–Crippen MR) is 68.5 cm³/mol. The summed E-state index contributed by atoms with van der Waals surface area (Å²) in [5.41, 5.74) is 5.87. The van der Waals surface area contributed by atoms with Crippen molar-refractivity contribution < 1.29 is 4.74 Å². The van der Waals surface area contributed by atoms with E-state index in [0.29, 0.717) is 12.1 Å². The van der Waals surface area contributed by atoms with Crippen molar-refractivity contribution in [3.63, 3.8) is 0 Å². The summed E-state index contributed by atoms with van der Waals surface area (Å²) in [5.74, 6) is 0.734. The summed E-state index contributed by atoms with van der Waals surface area (Å²) >= 11 is 0. The SMILES string of the molecule is CCOC1CCN(C(CN)CC(C)C)CC1. The Labute approximate surface area is 100 Å². The average molecular weight is 228 g/mol. The Morgan fingerprint density at radius 2 is 1.94 bits per heavy atom. The number of nitrogens with two attached hydrogens (primary N) is 1. The third-order valence-corrected chi connectivity index (χ3v) is 3.41. The largest absolute Gasteiger partial charge is 0.378 e. The van der Waals surface area contributed by atoms with Crippen LogP contribution in [0.5, 0.6) is 0 Å². The van der Waals surface area contributed by atoms with Crippen molar-refractivity contribution in [1.82, 2.24) is 4.90 Å². The minimum absolute atomic E-state index is 0.485. The van der Waals surface area contributed by atoms with Gasteiger partial charge in [-0.15, -0.1) is 0 Å². The van der Waals surface area contributed by atoms with Gasteiger partial charge in [-0.3, -0.25) is 4.90 Å². The molecule has 1 rings (SSSR count). The third-order valence-electron chi connectivity index (χ3n) is 3.41. The normalized spacial score (nSPS) is 21.6. The molecular weight excluding hydrogens is 200 g/mol. The van der Waals surface area contributed by atoms with E-state index in [2.05, 4.69) is 25.7 Å². The molecule has 0 radical (unpaired) electrons. The summed E-state index contributed by atoms with van der Waals surface area (Å²) in [6.07, 6.45) is 4.04. The van der Waals surface area contributed by atoms with E-state index < -0.39 is 0 Å². The van der Waals surface area contributed by atoms with Gasteiger partial charge in [0.05, 0.1) is 6.10 Å². The molecule has 96 valence electrons. The Bertz CT molecular complexity index is 177. The molecule has 1 aliphatic rings. The molecule has 1 saturated heterocycles. The highest BCUT2D eigenvalue weighted by molar-refractivity contribution is 4.80. The highest BCUT2D eigenvalue weighted by atomic mass is 16.5. The second kappa shape index (κ2) is 7.25. The van der Waals surface area contributed by atoms with E-state index in [0.717, 1.165) is 32.2 Å². The van der Waals surface area contributed by atoms with Crippen LogP contribution < -0.4 is 5.73 Å². The molecule has 0 aliphatic carbocycles. The van der Waals surface area contributed by atoms with Gasteiger partial charge in [-0.05, 0) is 32.1 Å². The number of likely N-dealkylation sites (tertiary alicyclic amines) is 1. The zero-order valence-electron chi connectivity index (χ0n) is 11.1. The van der Waals surface area contributed by atoms with E-state index in [-0.39, 0.29) is 0 Å². The molecule has 0 aromatic heterocycles. The van der Waals surface area contributed by atoms with Crippen molar-refractivity contribution in [2.75, 3.05) is 26.2 Å². The van der Waals surface area contributed by atoms with E-state index in [1.165, 1.54) is 19.3 Å².